The van der Waals surface area contributed by atoms with Crippen LogP contribution in [0.1, 0.15) is 16.1 Å². The fourth-order valence-corrected chi connectivity index (χ4v) is 3.89. The topological polar surface area (TPSA) is 59.8 Å². The Labute approximate surface area is 186 Å². The molecule has 0 radical (unpaired) electrons. The summed E-state index contributed by atoms with van der Waals surface area (Å²) in [4.78, 5) is 17.1. The van der Waals surface area contributed by atoms with Gasteiger partial charge in [-0.3, -0.25) is 9.69 Å². The zero-order valence-corrected chi connectivity index (χ0v) is 18.4. The maximum absolute atomic E-state index is 12.9. The highest BCUT2D eigenvalue weighted by Gasteiger charge is 2.24. The van der Waals surface area contributed by atoms with E-state index in [1.165, 1.54) is 0 Å². The van der Waals surface area contributed by atoms with Gasteiger partial charge in [0, 0.05) is 43.9 Å². The number of halogens is 1. The van der Waals surface area contributed by atoms with E-state index in [9.17, 15) is 4.79 Å². The van der Waals surface area contributed by atoms with Crippen LogP contribution in [0.2, 0.25) is 5.02 Å². The van der Waals surface area contributed by atoms with Gasteiger partial charge in [-0.1, -0.05) is 23.7 Å². The van der Waals surface area contributed by atoms with Crippen molar-refractivity contribution in [2.24, 2.45) is 0 Å². The van der Waals surface area contributed by atoms with Gasteiger partial charge in [0.2, 0.25) is 0 Å². The van der Waals surface area contributed by atoms with Crippen LogP contribution in [0, 0.1) is 0 Å². The molecule has 31 heavy (non-hydrogen) atoms. The molecule has 1 amide bonds. The highest BCUT2D eigenvalue weighted by molar-refractivity contribution is 6.30. The van der Waals surface area contributed by atoms with Crippen LogP contribution in [0.15, 0.2) is 54.7 Å². The third-order valence-electron chi connectivity index (χ3n) is 5.39. The zero-order valence-electron chi connectivity index (χ0n) is 17.6. The molecule has 0 bridgehead atoms. The second-order valence-electron chi connectivity index (χ2n) is 7.38. The molecule has 0 N–H and O–H groups in total. The fourth-order valence-electron chi connectivity index (χ4n) is 3.71. The van der Waals surface area contributed by atoms with E-state index < -0.39 is 0 Å². The van der Waals surface area contributed by atoms with Crippen molar-refractivity contribution in [3.05, 3.63) is 71.0 Å². The van der Waals surface area contributed by atoms with Gasteiger partial charge in [-0.25, -0.2) is 4.68 Å². The molecular weight excluding hydrogens is 416 g/mol. The number of rotatable bonds is 6. The quantitative estimate of drug-likeness (QED) is 0.587. The molecule has 2 aromatic carbocycles. The van der Waals surface area contributed by atoms with E-state index in [2.05, 4.69) is 10.00 Å². The lowest BCUT2D eigenvalue weighted by Crippen LogP contribution is -2.48. The van der Waals surface area contributed by atoms with Crippen molar-refractivity contribution in [1.29, 1.82) is 0 Å². The molecule has 1 aliphatic heterocycles. The van der Waals surface area contributed by atoms with Crippen LogP contribution in [-0.2, 0) is 6.54 Å². The van der Waals surface area contributed by atoms with Gasteiger partial charge in [0.15, 0.2) is 17.2 Å². The third-order valence-corrected chi connectivity index (χ3v) is 5.63. The number of ether oxygens (including phenoxy) is 2. The number of amides is 1. The van der Waals surface area contributed by atoms with Gasteiger partial charge < -0.3 is 14.4 Å². The fraction of sp³-hybridized carbons (Fsp3) is 0.304. The number of hydrogen-bond acceptors (Lipinski definition) is 5. The molecular formula is C23H25ClN4O3. The Balaban J connectivity index is 1.35. The van der Waals surface area contributed by atoms with Crippen molar-refractivity contribution in [2.75, 3.05) is 40.4 Å². The molecule has 4 rings (SSSR count). The van der Waals surface area contributed by atoms with Crippen molar-refractivity contribution < 1.29 is 14.3 Å². The van der Waals surface area contributed by atoms with Crippen LogP contribution in [0.4, 0.5) is 0 Å². The van der Waals surface area contributed by atoms with Crippen LogP contribution in [-0.4, -0.2) is 65.9 Å². The molecule has 0 unspecified atom stereocenters. The molecule has 1 aromatic heterocycles. The van der Waals surface area contributed by atoms with E-state index in [1.54, 1.807) is 31.2 Å². The molecule has 3 aromatic rings. The molecule has 7 nitrogen and oxygen atoms in total. The minimum absolute atomic E-state index is 0.0495. The first kappa shape index (κ1) is 21.2. The van der Waals surface area contributed by atoms with E-state index in [4.69, 9.17) is 21.1 Å². The lowest BCUT2D eigenvalue weighted by atomic mass is 10.1. The van der Waals surface area contributed by atoms with Crippen molar-refractivity contribution in [2.45, 2.75) is 6.54 Å². The largest absolute Gasteiger partial charge is 0.493 e. The summed E-state index contributed by atoms with van der Waals surface area (Å²) in [6.45, 7) is 3.72. The summed E-state index contributed by atoms with van der Waals surface area (Å²) >= 11 is 6.06. The molecule has 1 saturated heterocycles. The number of hydrogen-bond donors (Lipinski definition) is 0. The average molecular weight is 441 g/mol. The minimum Gasteiger partial charge on any atom is -0.493 e. The third kappa shape index (κ3) is 4.84. The van der Waals surface area contributed by atoms with Crippen molar-refractivity contribution >= 4 is 17.5 Å². The Bertz CT molecular complexity index is 1060. The summed E-state index contributed by atoms with van der Waals surface area (Å²) in [5, 5.41) is 5.08. The standard InChI is InChI=1S/C23H25ClN4O3/c1-30-21-7-6-17(14-22(21)31-2)16-26-10-12-27(13-11-26)23(29)20-8-9-28(25-20)19-5-3-4-18(24)15-19/h3-9,14-15H,10-13,16H2,1-2H3. The molecule has 0 spiro atoms. The molecule has 8 heteroatoms. The van der Waals surface area contributed by atoms with E-state index in [0.29, 0.717) is 23.8 Å². The number of methoxy groups -OCH3 is 2. The first-order valence-electron chi connectivity index (χ1n) is 10.1. The highest BCUT2D eigenvalue weighted by Crippen LogP contribution is 2.28. The van der Waals surface area contributed by atoms with Gasteiger partial charge in [-0.05, 0) is 42.0 Å². The minimum atomic E-state index is -0.0495. The zero-order chi connectivity index (χ0) is 21.8. The second-order valence-corrected chi connectivity index (χ2v) is 7.82. The molecule has 1 aliphatic rings. The smallest absolute Gasteiger partial charge is 0.274 e. The monoisotopic (exact) mass is 440 g/mol. The summed E-state index contributed by atoms with van der Waals surface area (Å²) in [5.74, 6) is 1.40. The van der Waals surface area contributed by atoms with Crippen LogP contribution < -0.4 is 9.47 Å². The van der Waals surface area contributed by atoms with Gasteiger partial charge in [0.25, 0.3) is 5.91 Å². The number of carbonyl (C=O) groups is 1. The van der Waals surface area contributed by atoms with Crippen LogP contribution in [0.3, 0.4) is 0 Å². The lowest BCUT2D eigenvalue weighted by molar-refractivity contribution is 0.0622. The maximum Gasteiger partial charge on any atom is 0.274 e. The van der Waals surface area contributed by atoms with Crippen molar-refractivity contribution in [1.82, 2.24) is 19.6 Å². The van der Waals surface area contributed by atoms with Gasteiger partial charge in [0.05, 0.1) is 19.9 Å². The Morgan fingerprint density at radius 2 is 1.77 bits per heavy atom. The van der Waals surface area contributed by atoms with Gasteiger partial charge in [0.1, 0.15) is 0 Å². The summed E-state index contributed by atoms with van der Waals surface area (Å²) in [5.41, 5.74) is 2.41. The normalized spacial score (nSPS) is 14.5. The summed E-state index contributed by atoms with van der Waals surface area (Å²) in [7, 11) is 3.27. The Hall–Kier alpha value is -3.03. The molecule has 2 heterocycles. The molecule has 0 aliphatic carbocycles. The summed E-state index contributed by atoms with van der Waals surface area (Å²) in [6.07, 6.45) is 1.78. The highest BCUT2D eigenvalue weighted by atomic mass is 35.5. The average Bonchev–Trinajstić information content (AvgIpc) is 3.29. The molecule has 0 atom stereocenters. The van der Waals surface area contributed by atoms with Gasteiger partial charge in [-0.15, -0.1) is 0 Å². The Morgan fingerprint density at radius 1 is 1.00 bits per heavy atom. The number of piperazine rings is 1. The first-order chi connectivity index (χ1) is 15.1. The van der Waals surface area contributed by atoms with E-state index >= 15 is 0 Å². The van der Waals surface area contributed by atoms with Crippen LogP contribution in [0.25, 0.3) is 5.69 Å². The van der Waals surface area contributed by atoms with Crippen LogP contribution in [0.5, 0.6) is 11.5 Å². The van der Waals surface area contributed by atoms with Crippen molar-refractivity contribution in [3.8, 4) is 17.2 Å². The summed E-state index contributed by atoms with van der Waals surface area (Å²) < 4.78 is 12.4. The van der Waals surface area contributed by atoms with Gasteiger partial charge in [-0.2, -0.15) is 5.10 Å². The molecule has 1 fully saturated rings. The summed E-state index contributed by atoms with van der Waals surface area (Å²) in [6, 6.07) is 15.1. The SMILES string of the molecule is COc1ccc(CN2CCN(C(=O)c3ccn(-c4cccc(Cl)c4)n3)CC2)cc1OC. The van der Waals surface area contributed by atoms with E-state index in [0.717, 1.165) is 42.4 Å². The number of nitrogens with zero attached hydrogens (tertiary/aromatic N) is 4. The number of benzene rings is 2. The van der Waals surface area contributed by atoms with Gasteiger partial charge >= 0.3 is 0 Å². The Kier molecular flexibility index (Phi) is 6.44. The number of carbonyl (C=O) groups excluding carboxylic acids is 1. The lowest BCUT2D eigenvalue weighted by Gasteiger charge is -2.34. The maximum atomic E-state index is 12.9. The van der Waals surface area contributed by atoms with E-state index in [-0.39, 0.29) is 5.91 Å². The first-order valence-corrected chi connectivity index (χ1v) is 10.5. The predicted octanol–water partition coefficient (Wildman–Crippen LogP) is 3.50. The van der Waals surface area contributed by atoms with E-state index in [1.807, 2.05) is 47.4 Å². The Morgan fingerprint density at radius 3 is 2.48 bits per heavy atom. The second kappa shape index (κ2) is 9.41. The predicted molar refractivity (Wildman–Crippen MR) is 119 cm³/mol. The van der Waals surface area contributed by atoms with Crippen LogP contribution >= 0.6 is 11.6 Å². The molecule has 0 saturated carbocycles. The van der Waals surface area contributed by atoms with Crippen molar-refractivity contribution in [3.63, 3.8) is 0 Å². The number of aromatic nitrogens is 2. The molecule has 162 valence electrons.